The lowest BCUT2D eigenvalue weighted by Crippen LogP contribution is -2.02. The molecule has 0 bridgehead atoms. The van der Waals surface area contributed by atoms with Gasteiger partial charge in [0.15, 0.2) is 5.65 Å². The highest BCUT2D eigenvalue weighted by Gasteiger charge is 2.05. The quantitative estimate of drug-likeness (QED) is 0.809. The highest BCUT2D eigenvalue weighted by molar-refractivity contribution is 5.70. The molecule has 0 aromatic carbocycles. The molecule has 0 aliphatic heterocycles. The molecular formula is C10H11N3O2. The summed E-state index contributed by atoms with van der Waals surface area (Å²) in [5.74, 6) is 0.0118. The molecule has 0 amide bonds. The first-order valence-corrected chi connectivity index (χ1v) is 4.75. The predicted molar refractivity (Wildman–Crippen MR) is 53.7 cm³/mol. The molecular weight excluding hydrogens is 194 g/mol. The molecule has 5 heteroatoms. The zero-order valence-corrected chi connectivity index (χ0v) is 8.34. The lowest BCUT2D eigenvalue weighted by Gasteiger charge is -2.00. The molecule has 0 unspecified atom stereocenters. The second-order valence-electron chi connectivity index (χ2n) is 3.31. The van der Waals surface area contributed by atoms with Gasteiger partial charge in [-0.05, 0) is 11.6 Å². The van der Waals surface area contributed by atoms with E-state index in [1.54, 1.807) is 18.3 Å². The number of carboxylic acid groups (broad SMARTS) is 1. The maximum absolute atomic E-state index is 10.6. The van der Waals surface area contributed by atoms with E-state index in [1.807, 2.05) is 11.3 Å². The third-order valence-corrected chi connectivity index (χ3v) is 2.21. The first kappa shape index (κ1) is 9.64. The minimum absolute atomic E-state index is 0.0251. The van der Waals surface area contributed by atoms with Crippen molar-refractivity contribution >= 4 is 11.6 Å². The molecule has 78 valence electrons. The number of carboxylic acids is 1. The van der Waals surface area contributed by atoms with Crippen LogP contribution in [0.1, 0.15) is 18.3 Å². The van der Waals surface area contributed by atoms with Crippen molar-refractivity contribution in [2.75, 3.05) is 0 Å². The highest BCUT2D eigenvalue weighted by atomic mass is 16.4. The van der Waals surface area contributed by atoms with E-state index >= 15 is 0 Å². The van der Waals surface area contributed by atoms with Crippen molar-refractivity contribution < 1.29 is 9.90 Å². The number of rotatable bonds is 3. The number of aliphatic carboxylic acids is 1. The Labute approximate surface area is 86.4 Å². The molecule has 0 atom stereocenters. The van der Waals surface area contributed by atoms with Crippen LogP contribution < -0.4 is 0 Å². The average Bonchev–Trinajstić information content (AvgIpc) is 2.59. The predicted octanol–water partition coefficient (Wildman–Crippen LogP) is 0.919. The number of carbonyl (C=O) groups is 1. The normalized spacial score (nSPS) is 10.7. The maximum atomic E-state index is 10.6. The van der Waals surface area contributed by atoms with Gasteiger partial charge in [-0.2, -0.15) is 0 Å². The zero-order chi connectivity index (χ0) is 10.8. The van der Waals surface area contributed by atoms with Crippen LogP contribution in [0.3, 0.4) is 0 Å². The van der Waals surface area contributed by atoms with Gasteiger partial charge in [0.1, 0.15) is 5.82 Å². The summed E-state index contributed by atoms with van der Waals surface area (Å²) >= 11 is 0. The summed E-state index contributed by atoms with van der Waals surface area (Å²) in [7, 11) is 0. The van der Waals surface area contributed by atoms with Gasteiger partial charge in [0.25, 0.3) is 0 Å². The van der Waals surface area contributed by atoms with Crippen LogP contribution in [0.5, 0.6) is 0 Å². The number of aromatic nitrogens is 3. The highest BCUT2D eigenvalue weighted by Crippen LogP contribution is 2.08. The SMILES string of the molecule is CCc1nnc2ccc(CC(=O)O)cn12. The molecule has 0 aliphatic rings. The number of hydrogen-bond acceptors (Lipinski definition) is 3. The fourth-order valence-corrected chi connectivity index (χ4v) is 1.50. The summed E-state index contributed by atoms with van der Waals surface area (Å²) in [6, 6.07) is 3.54. The number of fused-ring (bicyclic) bond motifs is 1. The molecule has 2 aromatic heterocycles. The Balaban J connectivity index is 2.47. The Morgan fingerprint density at radius 2 is 2.27 bits per heavy atom. The van der Waals surface area contributed by atoms with Gasteiger partial charge in [0.2, 0.25) is 0 Å². The van der Waals surface area contributed by atoms with Crippen LogP contribution in [-0.2, 0) is 17.6 Å². The second-order valence-corrected chi connectivity index (χ2v) is 3.31. The van der Waals surface area contributed by atoms with E-state index in [0.29, 0.717) is 0 Å². The lowest BCUT2D eigenvalue weighted by atomic mass is 10.2. The molecule has 0 saturated heterocycles. The number of aryl methyl sites for hydroxylation is 1. The molecule has 2 heterocycles. The maximum Gasteiger partial charge on any atom is 0.307 e. The Morgan fingerprint density at radius 1 is 1.47 bits per heavy atom. The Kier molecular flexibility index (Phi) is 2.37. The smallest absolute Gasteiger partial charge is 0.307 e. The molecule has 2 rings (SSSR count). The zero-order valence-electron chi connectivity index (χ0n) is 8.34. The van der Waals surface area contributed by atoms with E-state index in [9.17, 15) is 4.79 Å². The van der Waals surface area contributed by atoms with Crippen LogP contribution in [-0.4, -0.2) is 25.7 Å². The first-order chi connectivity index (χ1) is 7.20. The van der Waals surface area contributed by atoms with Gasteiger partial charge in [-0.25, -0.2) is 0 Å². The number of pyridine rings is 1. The molecule has 2 aromatic rings. The van der Waals surface area contributed by atoms with E-state index in [-0.39, 0.29) is 6.42 Å². The van der Waals surface area contributed by atoms with Gasteiger partial charge in [-0.3, -0.25) is 9.20 Å². The topological polar surface area (TPSA) is 67.5 Å². The summed E-state index contributed by atoms with van der Waals surface area (Å²) < 4.78 is 1.83. The van der Waals surface area contributed by atoms with Crippen LogP contribution >= 0.6 is 0 Å². The van der Waals surface area contributed by atoms with Gasteiger partial charge in [0.05, 0.1) is 6.42 Å². The number of hydrogen-bond donors (Lipinski definition) is 1. The third-order valence-electron chi connectivity index (χ3n) is 2.21. The Morgan fingerprint density at radius 3 is 2.93 bits per heavy atom. The fraction of sp³-hybridized carbons (Fsp3) is 0.300. The van der Waals surface area contributed by atoms with Crippen molar-refractivity contribution in [3.05, 3.63) is 29.7 Å². The summed E-state index contributed by atoms with van der Waals surface area (Å²) in [6.07, 6.45) is 2.58. The van der Waals surface area contributed by atoms with Crippen molar-refractivity contribution in [2.45, 2.75) is 19.8 Å². The fourth-order valence-electron chi connectivity index (χ4n) is 1.50. The molecule has 1 N–H and O–H groups in total. The summed E-state index contributed by atoms with van der Waals surface area (Å²) in [5, 5.41) is 16.7. The number of nitrogens with zero attached hydrogens (tertiary/aromatic N) is 3. The van der Waals surface area contributed by atoms with Gasteiger partial charge in [-0.1, -0.05) is 13.0 Å². The molecule has 0 saturated carbocycles. The Hall–Kier alpha value is -1.91. The van der Waals surface area contributed by atoms with E-state index in [4.69, 9.17) is 5.11 Å². The summed E-state index contributed by atoms with van der Waals surface area (Å²) in [6.45, 7) is 1.99. The summed E-state index contributed by atoms with van der Waals surface area (Å²) in [4.78, 5) is 10.6. The van der Waals surface area contributed by atoms with Crippen molar-refractivity contribution in [3.63, 3.8) is 0 Å². The largest absolute Gasteiger partial charge is 0.481 e. The first-order valence-electron chi connectivity index (χ1n) is 4.75. The van der Waals surface area contributed by atoms with Crippen molar-refractivity contribution in [1.82, 2.24) is 14.6 Å². The van der Waals surface area contributed by atoms with Crippen molar-refractivity contribution in [1.29, 1.82) is 0 Å². The van der Waals surface area contributed by atoms with Crippen LogP contribution in [0.2, 0.25) is 0 Å². The minimum atomic E-state index is -0.833. The van der Waals surface area contributed by atoms with Gasteiger partial charge < -0.3 is 5.11 Å². The molecule has 0 fully saturated rings. The van der Waals surface area contributed by atoms with Crippen LogP contribution in [0.4, 0.5) is 0 Å². The second kappa shape index (κ2) is 3.68. The van der Waals surface area contributed by atoms with Crippen LogP contribution in [0, 0.1) is 0 Å². The standard InChI is InChI=1S/C10H11N3O2/c1-2-8-11-12-9-4-3-7(5-10(14)15)6-13(8)9/h3-4,6H,2,5H2,1H3,(H,14,15). The van der Waals surface area contributed by atoms with Crippen LogP contribution in [0.15, 0.2) is 18.3 Å². The molecule has 15 heavy (non-hydrogen) atoms. The van der Waals surface area contributed by atoms with Gasteiger partial charge in [-0.15, -0.1) is 10.2 Å². The summed E-state index contributed by atoms with van der Waals surface area (Å²) in [5.41, 5.74) is 1.51. The molecule has 0 aliphatic carbocycles. The molecule has 0 radical (unpaired) electrons. The average molecular weight is 205 g/mol. The van der Waals surface area contributed by atoms with E-state index in [0.717, 1.165) is 23.5 Å². The lowest BCUT2D eigenvalue weighted by molar-refractivity contribution is -0.136. The van der Waals surface area contributed by atoms with Crippen molar-refractivity contribution in [2.24, 2.45) is 0 Å². The van der Waals surface area contributed by atoms with Gasteiger partial charge in [0, 0.05) is 12.6 Å². The van der Waals surface area contributed by atoms with Gasteiger partial charge >= 0.3 is 5.97 Å². The van der Waals surface area contributed by atoms with E-state index < -0.39 is 5.97 Å². The monoisotopic (exact) mass is 205 g/mol. The molecule has 0 spiro atoms. The van der Waals surface area contributed by atoms with E-state index in [2.05, 4.69) is 10.2 Å². The molecule has 5 nitrogen and oxygen atoms in total. The third kappa shape index (κ3) is 1.81. The Bertz CT molecular complexity index is 504. The van der Waals surface area contributed by atoms with Crippen LogP contribution in [0.25, 0.3) is 5.65 Å². The van der Waals surface area contributed by atoms with E-state index in [1.165, 1.54) is 0 Å². The van der Waals surface area contributed by atoms with Crippen molar-refractivity contribution in [3.8, 4) is 0 Å². The minimum Gasteiger partial charge on any atom is -0.481 e.